The van der Waals surface area contributed by atoms with Crippen LogP contribution in [0.15, 0.2) is 11.6 Å². The summed E-state index contributed by atoms with van der Waals surface area (Å²) in [6.07, 6.45) is 7.04. The van der Waals surface area contributed by atoms with Crippen molar-refractivity contribution in [1.29, 1.82) is 0 Å². The lowest BCUT2D eigenvalue weighted by Gasteiger charge is -2.58. The minimum atomic E-state index is -0.146. The Balaban J connectivity index is 1.82. The fourth-order valence-corrected chi connectivity index (χ4v) is 6.03. The van der Waals surface area contributed by atoms with Crippen LogP contribution >= 0.6 is 0 Å². The molecule has 3 heteroatoms. The molecule has 4 rings (SSSR count). The van der Waals surface area contributed by atoms with E-state index in [-0.39, 0.29) is 28.5 Å². The Hall–Kier alpha value is -0.830. The summed E-state index contributed by atoms with van der Waals surface area (Å²) in [6, 6.07) is 0. The van der Waals surface area contributed by atoms with Gasteiger partial charge in [0, 0.05) is 12.3 Å². The van der Waals surface area contributed by atoms with Crippen molar-refractivity contribution in [3.05, 3.63) is 11.6 Å². The molecule has 1 heterocycles. The summed E-state index contributed by atoms with van der Waals surface area (Å²) < 4.78 is 11.9. The monoisotopic (exact) mass is 290 g/mol. The Kier molecular flexibility index (Phi) is 2.58. The normalized spacial score (nSPS) is 54.1. The Labute approximate surface area is 127 Å². The molecule has 0 aromatic carbocycles. The molecule has 3 fully saturated rings. The maximum absolute atomic E-state index is 11.6. The highest BCUT2D eigenvalue weighted by Crippen LogP contribution is 2.75. The van der Waals surface area contributed by atoms with Crippen molar-refractivity contribution in [1.82, 2.24) is 0 Å². The second-order valence-corrected chi connectivity index (χ2v) is 8.18. The highest BCUT2D eigenvalue weighted by atomic mass is 16.6. The van der Waals surface area contributed by atoms with Gasteiger partial charge in [-0.2, -0.15) is 0 Å². The van der Waals surface area contributed by atoms with E-state index >= 15 is 0 Å². The van der Waals surface area contributed by atoms with E-state index in [1.807, 2.05) is 0 Å². The molecule has 21 heavy (non-hydrogen) atoms. The fourth-order valence-electron chi connectivity index (χ4n) is 6.03. The smallest absolute Gasteiger partial charge is 0.302 e. The van der Waals surface area contributed by atoms with Crippen LogP contribution in [0, 0.1) is 22.7 Å². The van der Waals surface area contributed by atoms with Crippen LogP contribution in [0.2, 0.25) is 0 Å². The van der Waals surface area contributed by atoms with E-state index in [0.29, 0.717) is 11.8 Å². The van der Waals surface area contributed by atoms with Crippen LogP contribution in [0.25, 0.3) is 0 Å². The standard InChI is InChI=1S/C18H26O3/c1-11-5-6-16(3)13(7-11)8-14-9-15(21-12(2)19)17(16,4)18(14)10-20-18/h7,13-15H,5-6,8-10H2,1-4H3/t13-,14+,15+,16-,17+,18+/m0/s1. The zero-order chi connectivity index (χ0) is 15.0. The van der Waals surface area contributed by atoms with Crippen molar-refractivity contribution >= 4 is 5.97 Å². The molecule has 3 aliphatic carbocycles. The second kappa shape index (κ2) is 3.92. The predicted octanol–water partition coefficient (Wildman–Crippen LogP) is 3.48. The van der Waals surface area contributed by atoms with Crippen molar-refractivity contribution in [3.8, 4) is 0 Å². The Morgan fingerprint density at radius 3 is 2.71 bits per heavy atom. The van der Waals surface area contributed by atoms with Crippen LogP contribution in [0.3, 0.4) is 0 Å². The summed E-state index contributed by atoms with van der Waals surface area (Å²) in [5, 5.41) is 0. The van der Waals surface area contributed by atoms with Gasteiger partial charge in [0.05, 0.1) is 6.61 Å². The van der Waals surface area contributed by atoms with Gasteiger partial charge < -0.3 is 9.47 Å². The average molecular weight is 290 g/mol. The van der Waals surface area contributed by atoms with Gasteiger partial charge >= 0.3 is 5.97 Å². The van der Waals surface area contributed by atoms with Crippen molar-refractivity contribution in [2.75, 3.05) is 6.61 Å². The van der Waals surface area contributed by atoms with E-state index in [0.717, 1.165) is 19.4 Å². The first kappa shape index (κ1) is 13.8. The van der Waals surface area contributed by atoms with Gasteiger partial charge in [-0.05, 0) is 49.9 Å². The third-order valence-electron chi connectivity index (χ3n) is 7.51. The molecule has 0 N–H and O–H groups in total. The minimum absolute atomic E-state index is 0.0164. The number of ether oxygens (including phenoxy) is 2. The van der Waals surface area contributed by atoms with E-state index in [1.54, 1.807) is 0 Å². The molecule has 116 valence electrons. The number of carbonyl (C=O) groups excluding carboxylic acids is 1. The lowest BCUT2D eigenvalue weighted by atomic mass is 9.46. The first-order valence-electron chi connectivity index (χ1n) is 8.32. The molecule has 1 spiro atoms. The van der Waals surface area contributed by atoms with E-state index in [1.165, 1.54) is 25.3 Å². The van der Waals surface area contributed by atoms with Gasteiger partial charge in [0.15, 0.2) is 0 Å². The molecule has 2 bridgehead atoms. The molecule has 0 unspecified atom stereocenters. The summed E-state index contributed by atoms with van der Waals surface area (Å²) in [5.41, 5.74) is 1.64. The van der Waals surface area contributed by atoms with E-state index in [4.69, 9.17) is 9.47 Å². The topological polar surface area (TPSA) is 38.8 Å². The molecule has 0 aromatic heterocycles. The van der Waals surface area contributed by atoms with Gasteiger partial charge in [0.25, 0.3) is 0 Å². The summed E-state index contributed by atoms with van der Waals surface area (Å²) in [5.74, 6) is 1.01. The molecular weight excluding hydrogens is 264 g/mol. The first-order valence-corrected chi connectivity index (χ1v) is 8.32. The van der Waals surface area contributed by atoms with Crippen molar-refractivity contribution in [2.45, 2.75) is 65.1 Å². The molecule has 3 nitrogen and oxygen atoms in total. The zero-order valence-electron chi connectivity index (χ0n) is 13.6. The fraction of sp³-hybridized carbons (Fsp3) is 0.833. The maximum Gasteiger partial charge on any atom is 0.302 e. The quantitative estimate of drug-likeness (QED) is 0.421. The molecular formula is C18H26O3. The lowest BCUT2D eigenvalue weighted by molar-refractivity contribution is -0.170. The van der Waals surface area contributed by atoms with Gasteiger partial charge in [-0.15, -0.1) is 0 Å². The van der Waals surface area contributed by atoms with Gasteiger partial charge in [-0.25, -0.2) is 0 Å². The summed E-state index contributed by atoms with van der Waals surface area (Å²) >= 11 is 0. The highest BCUT2D eigenvalue weighted by Gasteiger charge is 2.80. The Morgan fingerprint density at radius 1 is 1.38 bits per heavy atom. The predicted molar refractivity (Wildman–Crippen MR) is 79.7 cm³/mol. The van der Waals surface area contributed by atoms with Crippen LogP contribution in [0.1, 0.15) is 53.4 Å². The van der Waals surface area contributed by atoms with Crippen LogP contribution in [0.5, 0.6) is 0 Å². The van der Waals surface area contributed by atoms with Gasteiger partial charge in [-0.1, -0.05) is 25.5 Å². The van der Waals surface area contributed by atoms with Gasteiger partial charge in [-0.3, -0.25) is 4.79 Å². The van der Waals surface area contributed by atoms with E-state index < -0.39 is 0 Å². The van der Waals surface area contributed by atoms with Crippen LogP contribution in [0.4, 0.5) is 0 Å². The largest absolute Gasteiger partial charge is 0.462 e. The zero-order valence-corrected chi connectivity index (χ0v) is 13.6. The SMILES string of the molecule is CC(=O)O[C@@H]1C[C@H]2C[C@@H]3C=C(C)CC[C@]3(C)[C@]1(C)[C@@]21CO1. The van der Waals surface area contributed by atoms with Crippen LogP contribution < -0.4 is 0 Å². The highest BCUT2D eigenvalue weighted by molar-refractivity contribution is 5.66. The summed E-state index contributed by atoms with van der Waals surface area (Å²) in [6.45, 7) is 9.41. The van der Waals surface area contributed by atoms with Crippen LogP contribution in [-0.2, 0) is 14.3 Å². The molecule has 0 amide bonds. The maximum atomic E-state index is 11.6. The molecule has 2 saturated carbocycles. The van der Waals surface area contributed by atoms with E-state index in [2.05, 4.69) is 26.8 Å². The Morgan fingerprint density at radius 2 is 2.10 bits per heavy atom. The number of carbonyl (C=O) groups is 1. The molecule has 1 saturated heterocycles. The molecule has 1 aliphatic heterocycles. The number of fused-ring (bicyclic) bond motifs is 2. The van der Waals surface area contributed by atoms with Crippen LogP contribution in [-0.4, -0.2) is 24.3 Å². The first-order chi connectivity index (χ1) is 9.83. The average Bonchev–Trinajstić information content (AvgIpc) is 3.16. The summed E-state index contributed by atoms with van der Waals surface area (Å²) in [7, 11) is 0. The number of hydrogen-bond donors (Lipinski definition) is 0. The third-order valence-corrected chi connectivity index (χ3v) is 7.51. The molecule has 4 aliphatic rings. The summed E-state index contributed by atoms with van der Waals surface area (Å²) in [4.78, 5) is 11.6. The molecule has 0 aromatic rings. The van der Waals surface area contributed by atoms with Crippen molar-refractivity contribution in [3.63, 3.8) is 0 Å². The number of epoxide rings is 1. The molecule has 0 radical (unpaired) electrons. The molecule has 6 atom stereocenters. The minimum Gasteiger partial charge on any atom is -0.462 e. The van der Waals surface area contributed by atoms with E-state index in [9.17, 15) is 4.79 Å². The number of rotatable bonds is 1. The third kappa shape index (κ3) is 1.46. The lowest BCUT2D eigenvalue weighted by Crippen LogP contribution is -2.59. The number of hydrogen-bond acceptors (Lipinski definition) is 3. The van der Waals surface area contributed by atoms with Gasteiger partial charge in [0.2, 0.25) is 0 Å². The Bertz CT molecular complexity index is 533. The second-order valence-electron chi connectivity index (χ2n) is 8.18. The number of esters is 1. The van der Waals surface area contributed by atoms with Gasteiger partial charge in [0.1, 0.15) is 11.7 Å². The van der Waals surface area contributed by atoms with Crippen molar-refractivity contribution < 1.29 is 14.3 Å². The number of allylic oxidation sites excluding steroid dienone is 2. The van der Waals surface area contributed by atoms with Crippen molar-refractivity contribution in [2.24, 2.45) is 22.7 Å².